The second kappa shape index (κ2) is 8.30. The van der Waals surface area contributed by atoms with Crippen molar-refractivity contribution < 1.29 is 4.79 Å². The average Bonchev–Trinajstić information content (AvgIpc) is 3.42. The molecule has 0 saturated carbocycles. The highest BCUT2D eigenvalue weighted by molar-refractivity contribution is 5.94. The number of carbonyl (C=O) groups excluding carboxylic acids is 1. The maximum absolute atomic E-state index is 12.5. The van der Waals surface area contributed by atoms with Crippen LogP contribution in [-0.2, 0) is 19.6 Å². The number of hydrogen-bond donors (Lipinski definition) is 1. The van der Waals surface area contributed by atoms with Crippen molar-refractivity contribution in [3.63, 3.8) is 0 Å². The Balaban J connectivity index is 1.38. The molecule has 0 saturated heterocycles. The number of aromatic nitrogens is 5. The first-order valence-electron chi connectivity index (χ1n) is 9.00. The maximum atomic E-state index is 12.5. The Labute approximate surface area is 162 Å². The van der Waals surface area contributed by atoms with Crippen molar-refractivity contribution in [2.24, 2.45) is 0 Å². The Bertz CT molecular complexity index is 1020. The van der Waals surface area contributed by atoms with Crippen LogP contribution in [0.25, 0.3) is 0 Å². The minimum Gasteiger partial charge on any atom is -0.348 e. The summed E-state index contributed by atoms with van der Waals surface area (Å²) in [6.45, 7) is 1.83. The number of nitrogens with zero attached hydrogens (tertiary/aromatic N) is 5. The van der Waals surface area contributed by atoms with Gasteiger partial charge in [-0.2, -0.15) is 5.10 Å². The van der Waals surface area contributed by atoms with Crippen LogP contribution in [0, 0.1) is 0 Å². The van der Waals surface area contributed by atoms with Crippen molar-refractivity contribution in [2.45, 2.75) is 19.6 Å². The number of carbonyl (C=O) groups is 1. The average molecular weight is 372 g/mol. The molecule has 2 aromatic heterocycles. The molecule has 2 heterocycles. The van der Waals surface area contributed by atoms with E-state index in [9.17, 15) is 4.79 Å². The van der Waals surface area contributed by atoms with Gasteiger partial charge in [0.2, 0.25) is 0 Å². The summed E-state index contributed by atoms with van der Waals surface area (Å²) < 4.78 is 3.75. The van der Waals surface area contributed by atoms with Gasteiger partial charge < -0.3 is 9.88 Å². The fourth-order valence-electron chi connectivity index (χ4n) is 3.00. The zero-order valence-corrected chi connectivity index (χ0v) is 15.3. The number of imidazole rings is 1. The molecule has 0 bridgehead atoms. The molecule has 4 rings (SSSR count). The van der Waals surface area contributed by atoms with Crippen LogP contribution in [0.5, 0.6) is 0 Å². The first kappa shape index (κ1) is 17.7. The summed E-state index contributed by atoms with van der Waals surface area (Å²) >= 11 is 0. The molecule has 0 aliphatic carbocycles. The second-order valence-corrected chi connectivity index (χ2v) is 6.48. The summed E-state index contributed by atoms with van der Waals surface area (Å²) in [5.74, 6) is -0.0928. The van der Waals surface area contributed by atoms with E-state index in [0.29, 0.717) is 18.7 Å². The lowest BCUT2D eigenvalue weighted by Gasteiger charge is -2.11. The molecule has 0 aliphatic rings. The van der Waals surface area contributed by atoms with E-state index in [1.165, 1.54) is 6.33 Å². The van der Waals surface area contributed by atoms with Gasteiger partial charge in [0.15, 0.2) is 0 Å². The summed E-state index contributed by atoms with van der Waals surface area (Å²) in [5, 5.41) is 7.10. The van der Waals surface area contributed by atoms with Gasteiger partial charge in [0.25, 0.3) is 5.91 Å². The Morgan fingerprint density at radius 2 is 1.75 bits per heavy atom. The van der Waals surface area contributed by atoms with Gasteiger partial charge in [0.05, 0.1) is 12.9 Å². The van der Waals surface area contributed by atoms with Crippen LogP contribution in [0.1, 0.15) is 27.0 Å². The molecule has 0 spiro atoms. The number of rotatable bonds is 7. The highest BCUT2D eigenvalue weighted by Gasteiger charge is 2.08. The molecule has 7 nitrogen and oxygen atoms in total. The molecule has 0 fully saturated rings. The molecular weight excluding hydrogens is 352 g/mol. The first-order chi connectivity index (χ1) is 13.8. The van der Waals surface area contributed by atoms with Crippen LogP contribution in [-0.4, -0.2) is 30.2 Å². The smallest absolute Gasteiger partial charge is 0.251 e. The van der Waals surface area contributed by atoms with E-state index in [1.54, 1.807) is 23.5 Å². The third kappa shape index (κ3) is 4.32. The summed E-state index contributed by atoms with van der Waals surface area (Å²) in [6.07, 6.45) is 8.65. The van der Waals surface area contributed by atoms with Gasteiger partial charge in [-0.15, -0.1) is 0 Å². The fourth-order valence-corrected chi connectivity index (χ4v) is 3.00. The van der Waals surface area contributed by atoms with Gasteiger partial charge in [-0.05, 0) is 28.8 Å². The zero-order chi connectivity index (χ0) is 19.2. The van der Waals surface area contributed by atoms with Crippen molar-refractivity contribution >= 4 is 5.91 Å². The van der Waals surface area contributed by atoms with Gasteiger partial charge in [0, 0.05) is 31.0 Å². The largest absolute Gasteiger partial charge is 0.348 e. The van der Waals surface area contributed by atoms with Gasteiger partial charge in [-0.25, -0.2) is 14.6 Å². The van der Waals surface area contributed by atoms with E-state index >= 15 is 0 Å². The van der Waals surface area contributed by atoms with Crippen LogP contribution in [0.2, 0.25) is 0 Å². The first-order valence-corrected chi connectivity index (χ1v) is 9.00. The second-order valence-electron chi connectivity index (χ2n) is 6.48. The van der Waals surface area contributed by atoms with Gasteiger partial charge >= 0.3 is 0 Å². The fraction of sp³-hybridized carbons (Fsp3) is 0.143. The van der Waals surface area contributed by atoms with E-state index in [4.69, 9.17) is 0 Å². The zero-order valence-electron chi connectivity index (χ0n) is 15.3. The summed E-state index contributed by atoms with van der Waals surface area (Å²) in [7, 11) is 0. The highest BCUT2D eigenvalue weighted by Crippen LogP contribution is 2.11. The van der Waals surface area contributed by atoms with Crippen molar-refractivity contribution in [1.82, 2.24) is 29.6 Å². The molecule has 1 amide bonds. The van der Waals surface area contributed by atoms with E-state index in [2.05, 4.69) is 26.4 Å². The molecule has 7 heteroatoms. The lowest BCUT2D eigenvalue weighted by molar-refractivity contribution is 0.0951. The van der Waals surface area contributed by atoms with Crippen molar-refractivity contribution in [1.29, 1.82) is 0 Å². The molecule has 0 radical (unpaired) electrons. The topological polar surface area (TPSA) is 77.6 Å². The van der Waals surface area contributed by atoms with Crippen molar-refractivity contribution in [3.8, 4) is 0 Å². The van der Waals surface area contributed by atoms with Crippen LogP contribution in [0.15, 0.2) is 79.9 Å². The van der Waals surface area contributed by atoms with E-state index < -0.39 is 0 Å². The summed E-state index contributed by atoms with van der Waals surface area (Å²) in [4.78, 5) is 20.5. The quantitative estimate of drug-likeness (QED) is 0.541. The molecule has 28 heavy (non-hydrogen) atoms. The minimum absolute atomic E-state index is 0.0928. The van der Waals surface area contributed by atoms with Crippen LogP contribution >= 0.6 is 0 Å². The summed E-state index contributed by atoms with van der Waals surface area (Å²) in [5.41, 5.74) is 3.94. The standard InChI is InChI=1S/C21H20N6O/c28-21(18-7-5-17(6-8-18)12-27-16-23-14-25-27)24-11-19-3-1-2-4-20(19)13-26-10-9-22-15-26/h1-10,14-16H,11-13H2,(H,24,28). The molecule has 0 atom stereocenters. The number of benzene rings is 2. The Morgan fingerprint density at radius 3 is 2.46 bits per heavy atom. The van der Waals surface area contributed by atoms with E-state index in [0.717, 1.165) is 23.2 Å². The van der Waals surface area contributed by atoms with E-state index in [1.807, 2.05) is 53.2 Å². The number of amides is 1. The lowest BCUT2D eigenvalue weighted by atomic mass is 10.1. The third-order valence-corrected chi connectivity index (χ3v) is 4.50. The number of hydrogen-bond acceptors (Lipinski definition) is 4. The monoisotopic (exact) mass is 372 g/mol. The highest BCUT2D eigenvalue weighted by atomic mass is 16.1. The predicted molar refractivity (Wildman–Crippen MR) is 105 cm³/mol. The molecule has 140 valence electrons. The lowest BCUT2D eigenvalue weighted by Crippen LogP contribution is -2.23. The van der Waals surface area contributed by atoms with E-state index in [-0.39, 0.29) is 5.91 Å². The predicted octanol–water partition coefficient (Wildman–Crippen LogP) is 2.50. The third-order valence-electron chi connectivity index (χ3n) is 4.50. The SMILES string of the molecule is O=C(NCc1ccccc1Cn1ccnc1)c1ccc(Cn2cncn2)cc1. The van der Waals surface area contributed by atoms with Crippen molar-refractivity contribution in [3.05, 3.63) is 102 Å². The molecule has 0 aliphatic heterocycles. The summed E-state index contributed by atoms with van der Waals surface area (Å²) in [6, 6.07) is 15.6. The van der Waals surface area contributed by atoms with Crippen LogP contribution < -0.4 is 5.32 Å². The van der Waals surface area contributed by atoms with Gasteiger partial charge in [-0.3, -0.25) is 4.79 Å². The Kier molecular flexibility index (Phi) is 5.24. The van der Waals surface area contributed by atoms with Crippen LogP contribution in [0.4, 0.5) is 0 Å². The number of nitrogens with one attached hydrogen (secondary N) is 1. The Hall–Kier alpha value is -3.74. The van der Waals surface area contributed by atoms with Crippen molar-refractivity contribution in [2.75, 3.05) is 0 Å². The normalized spacial score (nSPS) is 10.7. The minimum atomic E-state index is -0.0928. The molecular formula is C21H20N6O. The molecule has 4 aromatic rings. The Morgan fingerprint density at radius 1 is 0.929 bits per heavy atom. The maximum Gasteiger partial charge on any atom is 0.251 e. The molecule has 1 N–H and O–H groups in total. The van der Waals surface area contributed by atoms with Crippen LogP contribution in [0.3, 0.4) is 0 Å². The molecule has 2 aromatic carbocycles. The van der Waals surface area contributed by atoms with Gasteiger partial charge in [-0.1, -0.05) is 36.4 Å². The van der Waals surface area contributed by atoms with Gasteiger partial charge in [0.1, 0.15) is 12.7 Å². The molecule has 0 unspecified atom stereocenters.